The van der Waals surface area contributed by atoms with Crippen molar-refractivity contribution in [2.75, 3.05) is 37.4 Å². The van der Waals surface area contributed by atoms with Crippen LogP contribution in [0.3, 0.4) is 0 Å². The van der Waals surface area contributed by atoms with Crippen molar-refractivity contribution in [1.29, 1.82) is 0 Å². The molecular formula is C25H43N7O3Si. The molecule has 1 saturated heterocycles. The molecule has 1 fully saturated rings. The van der Waals surface area contributed by atoms with E-state index in [-0.39, 0.29) is 18.1 Å². The summed E-state index contributed by atoms with van der Waals surface area (Å²) in [5.41, 5.74) is 8.35. The lowest BCUT2D eigenvalue weighted by molar-refractivity contribution is 0.0238. The monoisotopic (exact) mass is 517 g/mol. The van der Waals surface area contributed by atoms with Gasteiger partial charge < -0.3 is 25.0 Å². The van der Waals surface area contributed by atoms with Crippen molar-refractivity contribution in [2.45, 2.75) is 84.6 Å². The first-order chi connectivity index (χ1) is 16.8. The standard InChI is InChI=1S/C25H43N7O3Si/c1-9-18-15-27-32(17-34-12-13-36(6,7)8)22(18)20-14-21(29-23(26)28-20)31-11-10-19(16-31)30(5)24(33)35-25(2,3)4/h14-15,19H,9-13,16-17H2,1-8H3,(H2,26,28,29)/t19-/m1/s1. The summed E-state index contributed by atoms with van der Waals surface area (Å²) in [6.07, 6.45) is 3.19. The second-order valence-corrected chi connectivity index (χ2v) is 17.3. The highest BCUT2D eigenvalue weighted by atomic mass is 28.3. The summed E-state index contributed by atoms with van der Waals surface area (Å²) in [6, 6.07) is 3.08. The molecular weight excluding hydrogens is 474 g/mol. The molecule has 3 rings (SSSR count). The van der Waals surface area contributed by atoms with Crippen molar-refractivity contribution in [3.63, 3.8) is 0 Å². The summed E-state index contributed by atoms with van der Waals surface area (Å²) < 4.78 is 13.4. The number of nitrogens with two attached hydrogens (primary N) is 1. The number of nitrogen functional groups attached to an aromatic ring is 1. The molecule has 2 aromatic heterocycles. The highest BCUT2D eigenvalue weighted by Gasteiger charge is 2.32. The zero-order chi connectivity index (χ0) is 26.7. The third-order valence-electron chi connectivity index (χ3n) is 6.20. The van der Waals surface area contributed by atoms with E-state index < -0.39 is 13.7 Å². The first kappa shape index (κ1) is 27.9. The van der Waals surface area contributed by atoms with Crippen LogP contribution in [0.5, 0.6) is 0 Å². The molecule has 36 heavy (non-hydrogen) atoms. The molecule has 200 valence electrons. The summed E-state index contributed by atoms with van der Waals surface area (Å²) in [6.45, 7) is 17.2. The minimum Gasteiger partial charge on any atom is -0.444 e. The molecule has 1 aliphatic rings. The Morgan fingerprint density at radius 1 is 1.28 bits per heavy atom. The van der Waals surface area contributed by atoms with Gasteiger partial charge in [0, 0.05) is 40.9 Å². The van der Waals surface area contributed by atoms with E-state index in [1.54, 1.807) is 11.9 Å². The van der Waals surface area contributed by atoms with Crippen LogP contribution in [0.15, 0.2) is 12.3 Å². The van der Waals surface area contributed by atoms with Gasteiger partial charge in [0.25, 0.3) is 0 Å². The van der Waals surface area contributed by atoms with E-state index in [1.165, 1.54) is 0 Å². The summed E-state index contributed by atoms with van der Waals surface area (Å²) in [5, 5.41) is 4.57. The quantitative estimate of drug-likeness (QED) is 0.388. The highest BCUT2D eigenvalue weighted by Crippen LogP contribution is 2.29. The Balaban J connectivity index is 1.77. The molecule has 1 aliphatic heterocycles. The molecule has 0 radical (unpaired) electrons. The van der Waals surface area contributed by atoms with E-state index in [2.05, 4.69) is 46.5 Å². The molecule has 11 heteroatoms. The lowest BCUT2D eigenvalue weighted by Crippen LogP contribution is -2.42. The Kier molecular flexibility index (Phi) is 8.66. The molecule has 1 atom stereocenters. The lowest BCUT2D eigenvalue weighted by Gasteiger charge is -2.28. The number of likely N-dealkylation sites (N-methyl/N-ethyl adjacent to an activating group) is 1. The second-order valence-electron chi connectivity index (χ2n) is 11.7. The fraction of sp³-hybridized carbons (Fsp3) is 0.680. The number of ether oxygens (including phenoxy) is 2. The predicted octanol–water partition coefficient (Wildman–Crippen LogP) is 4.24. The Hall–Kier alpha value is -2.66. The van der Waals surface area contributed by atoms with Crippen molar-refractivity contribution in [3.05, 3.63) is 17.8 Å². The molecule has 2 aromatic rings. The largest absolute Gasteiger partial charge is 0.444 e. The first-order valence-electron chi connectivity index (χ1n) is 12.8. The van der Waals surface area contributed by atoms with Gasteiger partial charge in [0.2, 0.25) is 5.95 Å². The van der Waals surface area contributed by atoms with E-state index in [9.17, 15) is 4.79 Å². The average Bonchev–Trinajstić information content (AvgIpc) is 3.41. The zero-order valence-corrected chi connectivity index (χ0v) is 24.2. The maximum atomic E-state index is 12.5. The fourth-order valence-electron chi connectivity index (χ4n) is 4.09. The fourth-order valence-corrected chi connectivity index (χ4v) is 4.85. The Labute approximate surface area is 216 Å². The molecule has 0 aliphatic carbocycles. The van der Waals surface area contributed by atoms with Crippen molar-refractivity contribution in [1.82, 2.24) is 24.6 Å². The summed E-state index contributed by atoms with van der Waals surface area (Å²) in [4.78, 5) is 25.4. The second kappa shape index (κ2) is 11.2. The maximum absolute atomic E-state index is 12.5. The SMILES string of the molecule is CCc1cnn(COCC[Si](C)(C)C)c1-c1cc(N2CC[C@@H](N(C)C(=O)OC(C)(C)C)C2)nc(N)n1. The van der Waals surface area contributed by atoms with Crippen LogP contribution in [-0.4, -0.2) is 77.2 Å². The van der Waals surface area contributed by atoms with Gasteiger partial charge in [0.1, 0.15) is 18.1 Å². The van der Waals surface area contributed by atoms with Gasteiger partial charge in [-0.3, -0.25) is 0 Å². The summed E-state index contributed by atoms with van der Waals surface area (Å²) in [5.74, 6) is 0.952. The number of rotatable bonds is 9. The van der Waals surface area contributed by atoms with Crippen molar-refractivity contribution in [2.24, 2.45) is 0 Å². The number of hydrogen-bond donors (Lipinski definition) is 1. The van der Waals surface area contributed by atoms with E-state index in [1.807, 2.05) is 37.7 Å². The summed E-state index contributed by atoms with van der Waals surface area (Å²) in [7, 11) is 0.620. The highest BCUT2D eigenvalue weighted by molar-refractivity contribution is 6.76. The van der Waals surface area contributed by atoms with Crippen molar-refractivity contribution in [3.8, 4) is 11.4 Å². The minimum atomic E-state index is -1.17. The van der Waals surface area contributed by atoms with Gasteiger partial charge in [-0.15, -0.1) is 0 Å². The number of carbonyl (C=O) groups is 1. The number of aromatic nitrogens is 4. The molecule has 0 aromatic carbocycles. The Bertz CT molecular complexity index is 1050. The number of carbonyl (C=O) groups excluding carboxylic acids is 1. The van der Waals surface area contributed by atoms with E-state index in [0.29, 0.717) is 19.9 Å². The van der Waals surface area contributed by atoms with Gasteiger partial charge in [-0.2, -0.15) is 10.1 Å². The number of amides is 1. The van der Waals surface area contributed by atoms with Crippen LogP contribution >= 0.6 is 0 Å². The molecule has 0 saturated carbocycles. The van der Waals surface area contributed by atoms with E-state index >= 15 is 0 Å². The van der Waals surface area contributed by atoms with Gasteiger partial charge in [-0.25, -0.2) is 14.5 Å². The molecule has 1 amide bonds. The van der Waals surface area contributed by atoms with Crippen molar-refractivity contribution < 1.29 is 14.3 Å². The van der Waals surface area contributed by atoms with Crippen LogP contribution in [0, 0.1) is 0 Å². The molecule has 10 nitrogen and oxygen atoms in total. The normalized spacial score (nSPS) is 16.4. The third kappa shape index (κ3) is 7.42. The number of aryl methyl sites for hydroxylation is 1. The van der Waals surface area contributed by atoms with E-state index in [0.717, 1.165) is 48.2 Å². The Morgan fingerprint density at radius 3 is 2.64 bits per heavy atom. The maximum Gasteiger partial charge on any atom is 0.410 e. The molecule has 0 bridgehead atoms. The van der Waals surface area contributed by atoms with Gasteiger partial charge in [0.05, 0.1) is 23.6 Å². The molecule has 0 spiro atoms. The van der Waals surface area contributed by atoms with Gasteiger partial charge in [-0.05, 0) is 45.2 Å². The predicted molar refractivity (Wildman–Crippen MR) is 146 cm³/mol. The van der Waals surface area contributed by atoms with Crippen molar-refractivity contribution >= 4 is 25.9 Å². The van der Waals surface area contributed by atoms with Crippen LogP contribution in [0.4, 0.5) is 16.6 Å². The smallest absolute Gasteiger partial charge is 0.410 e. The summed E-state index contributed by atoms with van der Waals surface area (Å²) >= 11 is 0. The van der Waals surface area contributed by atoms with Gasteiger partial charge in [0.15, 0.2) is 0 Å². The zero-order valence-electron chi connectivity index (χ0n) is 23.2. The van der Waals surface area contributed by atoms with E-state index in [4.69, 9.17) is 15.2 Å². The number of anilines is 2. The lowest BCUT2D eigenvalue weighted by atomic mass is 10.1. The van der Waals surface area contributed by atoms with Crippen LogP contribution < -0.4 is 10.6 Å². The topological polar surface area (TPSA) is 112 Å². The van der Waals surface area contributed by atoms with Gasteiger partial charge in [-0.1, -0.05) is 26.6 Å². The van der Waals surface area contributed by atoms with Gasteiger partial charge >= 0.3 is 6.09 Å². The number of hydrogen-bond acceptors (Lipinski definition) is 8. The van der Waals surface area contributed by atoms with Crippen LogP contribution in [0.1, 0.15) is 39.7 Å². The van der Waals surface area contributed by atoms with Crippen LogP contribution in [-0.2, 0) is 22.6 Å². The molecule has 2 N–H and O–H groups in total. The molecule has 3 heterocycles. The van der Waals surface area contributed by atoms with Crippen LogP contribution in [0.25, 0.3) is 11.4 Å². The number of nitrogens with zero attached hydrogens (tertiary/aromatic N) is 6. The third-order valence-corrected chi connectivity index (χ3v) is 7.90. The first-order valence-corrected chi connectivity index (χ1v) is 16.5. The van der Waals surface area contributed by atoms with Crippen LogP contribution in [0.2, 0.25) is 25.7 Å². The molecule has 0 unspecified atom stereocenters. The average molecular weight is 518 g/mol. The Morgan fingerprint density at radius 2 is 2.00 bits per heavy atom. The minimum absolute atomic E-state index is 0.0241.